The Morgan fingerprint density at radius 2 is 2.36 bits per heavy atom. The fraction of sp³-hybridized carbons (Fsp3) is 0.333. The predicted octanol–water partition coefficient (Wildman–Crippen LogP) is 2.31. The van der Waals surface area contributed by atoms with E-state index in [-0.39, 0.29) is 6.04 Å². The van der Waals surface area contributed by atoms with E-state index in [1.54, 1.807) is 6.20 Å². The molecule has 0 aliphatic carbocycles. The molecule has 0 aromatic carbocycles. The number of hydrogen-bond acceptors (Lipinski definition) is 3. The normalized spacial score (nSPS) is 20.4. The second-order valence-electron chi connectivity index (χ2n) is 3.27. The molecule has 1 aliphatic rings. The zero-order chi connectivity index (χ0) is 10.3. The van der Waals surface area contributed by atoms with Crippen molar-refractivity contribution in [1.29, 1.82) is 0 Å². The Morgan fingerprint density at radius 3 is 3.07 bits per heavy atom. The third-order valence-electron chi connectivity index (χ3n) is 2.45. The molecule has 1 aliphatic heterocycles. The number of thiocarbonyl (C=S) groups is 1. The average Bonchev–Trinajstić information content (AvgIpc) is 2.14. The molecule has 1 unspecified atom stereocenters. The van der Waals surface area contributed by atoms with Crippen LogP contribution in [0.2, 0.25) is 5.15 Å². The summed E-state index contributed by atoms with van der Waals surface area (Å²) >= 11 is 11.2. The molecule has 0 bridgehead atoms. The Balaban J connectivity index is 2.56. The van der Waals surface area contributed by atoms with Crippen molar-refractivity contribution < 1.29 is 0 Å². The minimum Gasteiger partial charge on any atom is -0.361 e. The van der Waals surface area contributed by atoms with E-state index in [0.717, 1.165) is 16.4 Å². The highest BCUT2D eigenvalue weighted by atomic mass is 35.5. The van der Waals surface area contributed by atoms with Crippen LogP contribution >= 0.6 is 23.8 Å². The first-order chi connectivity index (χ1) is 6.61. The van der Waals surface area contributed by atoms with E-state index < -0.39 is 0 Å². The smallest absolute Gasteiger partial charge is 0.154 e. The minimum atomic E-state index is 0.152. The fourth-order valence-electron chi connectivity index (χ4n) is 1.47. The molecule has 2 rings (SSSR count). The summed E-state index contributed by atoms with van der Waals surface area (Å²) in [7, 11) is 1.96. The molecule has 5 heteroatoms. The lowest BCUT2D eigenvalue weighted by molar-refractivity contribution is 0.854. The van der Waals surface area contributed by atoms with Crippen molar-refractivity contribution in [3.05, 3.63) is 17.4 Å². The van der Waals surface area contributed by atoms with Gasteiger partial charge in [0.1, 0.15) is 4.99 Å². The van der Waals surface area contributed by atoms with Gasteiger partial charge in [-0.3, -0.25) is 0 Å². The standard InChI is InChI=1S/C9H10ClN3S/c1-5-9(14)12-6-3-4-11-8(10)7(6)13(5)2/h3-5H,1-2H3,(H,12,14). The summed E-state index contributed by atoms with van der Waals surface area (Å²) in [5, 5.41) is 3.65. The summed E-state index contributed by atoms with van der Waals surface area (Å²) in [5.41, 5.74) is 1.84. The van der Waals surface area contributed by atoms with Crippen molar-refractivity contribution in [2.24, 2.45) is 0 Å². The van der Waals surface area contributed by atoms with Gasteiger partial charge in [0.25, 0.3) is 0 Å². The molecule has 0 saturated carbocycles. The number of likely N-dealkylation sites (N-methyl/N-ethyl adjacent to an activating group) is 1. The number of fused-ring (bicyclic) bond motifs is 1. The first kappa shape index (κ1) is 9.68. The highest BCUT2D eigenvalue weighted by Crippen LogP contribution is 2.35. The average molecular weight is 228 g/mol. The maximum Gasteiger partial charge on any atom is 0.154 e. The molecule has 0 fully saturated rings. The van der Waals surface area contributed by atoms with Gasteiger partial charge in [0.15, 0.2) is 5.15 Å². The van der Waals surface area contributed by atoms with Crippen molar-refractivity contribution in [2.45, 2.75) is 13.0 Å². The molecule has 0 spiro atoms. The largest absolute Gasteiger partial charge is 0.361 e. The Kier molecular flexibility index (Phi) is 2.33. The number of anilines is 2. The van der Waals surface area contributed by atoms with Crippen LogP contribution in [0.3, 0.4) is 0 Å². The lowest BCUT2D eigenvalue weighted by Crippen LogP contribution is -2.43. The van der Waals surface area contributed by atoms with E-state index in [1.807, 2.05) is 24.9 Å². The highest BCUT2D eigenvalue weighted by molar-refractivity contribution is 7.80. The van der Waals surface area contributed by atoms with Crippen molar-refractivity contribution >= 4 is 40.2 Å². The molecule has 3 nitrogen and oxygen atoms in total. The molecule has 74 valence electrons. The van der Waals surface area contributed by atoms with Gasteiger partial charge in [0.2, 0.25) is 0 Å². The van der Waals surface area contributed by atoms with Crippen LogP contribution in [0.4, 0.5) is 11.4 Å². The van der Waals surface area contributed by atoms with E-state index in [1.165, 1.54) is 0 Å². The van der Waals surface area contributed by atoms with Gasteiger partial charge in [-0.15, -0.1) is 0 Å². The summed E-state index contributed by atoms with van der Waals surface area (Å²) in [4.78, 5) is 6.88. The van der Waals surface area contributed by atoms with Gasteiger partial charge in [0.05, 0.1) is 17.4 Å². The summed E-state index contributed by atoms with van der Waals surface area (Å²) in [6.45, 7) is 2.03. The maximum absolute atomic E-state index is 6.01. The number of halogens is 1. The lowest BCUT2D eigenvalue weighted by Gasteiger charge is -2.35. The quantitative estimate of drug-likeness (QED) is 0.544. The fourth-order valence-corrected chi connectivity index (χ4v) is 2.03. The second kappa shape index (κ2) is 3.37. The van der Waals surface area contributed by atoms with Gasteiger partial charge >= 0.3 is 0 Å². The van der Waals surface area contributed by atoms with Crippen LogP contribution in [0.15, 0.2) is 12.3 Å². The second-order valence-corrected chi connectivity index (χ2v) is 4.07. The highest BCUT2D eigenvalue weighted by Gasteiger charge is 2.26. The number of nitrogens with zero attached hydrogens (tertiary/aromatic N) is 2. The van der Waals surface area contributed by atoms with Crippen molar-refractivity contribution in [3.8, 4) is 0 Å². The third kappa shape index (κ3) is 1.35. The Hall–Kier alpha value is -0.870. The van der Waals surface area contributed by atoms with Crippen molar-refractivity contribution in [2.75, 3.05) is 17.3 Å². The Labute approximate surface area is 93.1 Å². The third-order valence-corrected chi connectivity index (χ3v) is 3.17. The first-order valence-electron chi connectivity index (χ1n) is 4.29. The summed E-state index contributed by atoms with van der Waals surface area (Å²) in [5.74, 6) is 0. The van der Waals surface area contributed by atoms with E-state index in [9.17, 15) is 0 Å². The van der Waals surface area contributed by atoms with Crippen LogP contribution in [-0.2, 0) is 0 Å². The maximum atomic E-state index is 6.01. The zero-order valence-electron chi connectivity index (χ0n) is 7.91. The van der Waals surface area contributed by atoms with Crippen molar-refractivity contribution in [1.82, 2.24) is 4.98 Å². The van der Waals surface area contributed by atoms with Crippen molar-refractivity contribution in [3.63, 3.8) is 0 Å². The molecular formula is C9H10ClN3S. The van der Waals surface area contributed by atoms with E-state index >= 15 is 0 Å². The van der Waals surface area contributed by atoms with Crippen LogP contribution < -0.4 is 10.2 Å². The molecule has 0 amide bonds. The number of rotatable bonds is 0. The van der Waals surface area contributed by atoms with Crippen LogP contribution in [0.25, 0.3) is 0 Å². The molecule has 14 heavy (non-hydrogen) atoms. The number of hydrogen-bond donors (Lipinski definition) is 1. The predicted molar refractivity (Wildman–Crippen MR) is 63.3 cm³/mol. The van der Waals surface area contributed by atoms with Crippen LogP contribution in [0.5, 0.6) is 0 Å². The van der Waals surface area contributed by atoms with E-state index in [2.05, 4.69) is 10.3 Å². The minimum absolute atomic E-state index is 0.152. The zero-order valence-corrected chi connectivity index (χ0v) is 9.49. The van der Waals surface area contributed by atoms with Gasteiger partial charge in [-0.25, -0.2) is 4.98 Å². The number of pyridine rings is 1. The topological polar surface area (TPSA) is 28.2 Å². The first-order valence-corrected chi connectivity index (χ1v) is 5.08. The molecule has 1 N–H and O–H groups in total. The van der Waals surface area contributed by atoms with Gasteiger partial charge in [-0.2, -0.15) is 0 Å². The Morgan fingerprint density at radius 1 is 1.64 bits per heavy atom. The van der Waals surface area contributed by atoms with Crippen LogP contribution in [0, 0.1) is 0 Å². The van der Waals surface area contributed by atoms with E-state index in [4.69, 9.17) is 23.8 Å². The summed E-state index contributed by atoms with van der Waals surface area (Å²) < 4.78 is 0. The van der Waals surface area contributed by atoms with Gasteiger partial charge < -0.3 is 10.2 Å². The summed E-state index contributed by atoms with van der Waals surface area (Å²) in [6, 6.07) is 2.02. The molecule has 0 radical (unpaired) electrons. The summed E-state index contributed by atoms with van der Waals surface area (Å²) in [6.07, 6.45) is 1.67. The molecule has 2 heterocycles. The molecule has 1 aromatic rings. The Bertz CT molecular complexity index is 394. The molecule has 0 saturated heterocycles. The monoisotopic (exact) mass is 227 g/mol. The van der Waals surface area contributed by atoms with Gasteiger partial charge in [0, 0.05) is 13.2 Å². The molecule has 1 atom stereocenters. The van der Waals surface area contributed by atoms with Gasteiger partial charge in [-0.1, -0.05) is 23.8 Å². The van der Waals surface area contributed by atoms with Crippen LogP contribution in [-0.4, -0.2) is 23.1 Å². The number of aromatic nitrogens is 1. The lowest BCUT2D eigenvalue weighted by atomic mass is 10.2. The van der Waals surface area contributed by atoms with Gasteiger partial charge in [-0.05, 0) is 13.0 Å². The molecule has 1 aromatic heterocycles. The molecular weight excluding hydrogens is 218 g/mol. The van der Waals surface area contributed by atoms with Crippen LogP contribution in [0.1, 0.15) is 6.92 Å². The SMILES string of the molecule is CC1C(=S)Nc2ccnc(Cl)c2N1C. The number of nitrogens with one attached hydrogen (secondary N) is 1. The van der Waals surface area contributed by atoms with E-state index in [0.29, 0.717) is 5.15 Å².